The van der Waals surface area contributed by atoms with Gasteiger partial charge in [0.2, 0.25) is 5.11 Å². The summed E-state index contributed by atoms with van der Waals surface area (Å²) in [5.74, 6) is 0.976. The molecule has 0 bridgehead atoms. The van der Waals surface area contributed by atoms with Crippen molar-refractivity contribution in [2.45, 2.75) is 51.5 Å². The van der Waals surface area contributed by atoms with E-state index in [9.17, 15) is 0 Å². The van der Waals surface area contributed by atoms with Crippen LogP contribution in [0.5, 0.6) is 0 Å². The molecule has 1 heterocycles. The van der Waals surface area contributed by atoms with Crippen LogP contribution < -0.4 is 10.2 Å². The summed E-state index contributed by atoms with van der Waals surface area (Å²) >= 11 is 12.0. The van der Waals surface area contributed by atoms with Gasteiger partial charge in [0, 0.05) is 16.4 Å². The Morgan fingerprint density at radius 2 is 1.70 bits per heavy atom. The third-order valence-corrected chi connectivity index (χ3v) is 6.25. The van der Waals surface area contributed by atoms with Crippen molar-refractivity contribution in [3.05, 3.63) is 58.6 Å². The third kappa shape index (κ3) is 3.26. The molecule has 1 saturated carbocycles. The first kappa shape index (κ1) is 18.5. The molecule has 27 heavy (non-hydrogen) atoms. The quantitative estimate of drug-likeness (QED) is 0.604. The molecule has 0 aromatic heterocycles. The van der Waals surface area contributed by atoms with Gasteiger partial charge in [-0.2, -0.15) is 0 Å². The molecule has 3 nitrogen and oxygen atoms in total. The Labute approximate surface area is 171 Å². The summed E-state index contributed by atoms with van der Waals surface area (Å²) < 4.78 is 0. The summed E-state index contributed by atoms with van der Waals surface area (Å²) in [6.07, 6.45) is 5.68. The Morgan fingerprint density at radius 3 is 2.37 bits per heavy atom. The van der Waals surface area contributed by atoms with E-state index in [1.54, 1.807) is 0 Å². The first-order valence-electron chi connectivity index (χ1n) is 9.53. The van der Waals surface area contributed by atoms with Crippen LogP contribution in [0.2, 0.25) is 5.02 Å². The maximum Gasteiger partial charge on any atom is 0.202 e. The highest BCUT2D eigenvalue weighted by Crippen LogP contribution is 2.43. The summed E-state index contributed by atoms with van der Waals surface area (Å²) in [4.78, 5) is 7.08. The van der Waals surface area contributed by atoms with Crippen LogP contribution >= 0.6 is 23.8 Å². The van der Waals surface area contributed by atoms with Gasteiger partial charge in [0.05, 0.1) is 0 Å². The van der Waals surface area contributed by atoms with E-state index >= 15 is 0 Å². The highest BCUT2D eigenvalue weighted by Gasteiger charge is 2.49. The number of para-hydroxylation sites is 1. The molecule has 0 atom stereocenters. The second-order valence-corrected chi connectivity index (χ2v) is 8.34. The molecule has 1 fully saturated rings. The normalized spacial score (nSPS) is 18.7. The molecule has 1 aliphatic carbocycles. The molecular formula is C22H24ClN3S. The van der Waals surface area contributed by atoms with Crippen molar-refractivity contribution in [3.63, 3.8) is 0 Å². The molecule has 2 aromatic rings. The SMILES string of the molecule is Cc1cccc(C)c1NC1=NC(=S)N(c2cccc(Cl)c2)C12CCCCC2. The molecule has 140 valence electrons. The van der Waals surface area contributed by atoms with E-state index in [0.29, 0.717) is 5.11 Å². The van der Waals surface area contributed by atoms with Gasteiger partial charge in [-0.15, -0.1) is 0 Å². The summed E-state index contributed by atoms with van der Waals surface area (Å²) in [6.45, 7) is 4.26. The van der Waals surface area contributed by atoms with Gasteiger partial charge in [-0.3, -0.25) is 0 Å². The van der Waals surface area contributed by atoms with E-state index < -0.39 is 0 Å². The number of rotatable bonds is 2. The summed E-state index contributed by atoms with van der Waals surface area (Å²) in [5.41, 5.74) is 4.38. The van der Waals surface area contributed by atoms with Gasteiger partial charge in [-0.25, -0.2) is 4.99 Å². The third-order valence-electron chi connectivity index (χ3n) is 5.74. The number of hydrogen-bond acceptors (Lipinski definition) is 2. The maximum absolute atomic E-state index is 6.28. The van der Waals surface area contributed by atoms with Crippen LogP contribution in [0.25, 0.3) is 0 Å². The number of amidine groups is 1. The zero-order valence-corrected chi connectivity index (χ0v) is 17.3. The molecule has 2 aromatic carbocycles. The lowest BCUT2D eigenvalue weighted by Crippen LogP contribution is -2.55. The predicted molar refractivity (Wildman–Crippen MR) is 119 cm³/mol. The molecular weight excluding hydrogens is 374 g/mol. The van der Waals surface area contributed by atoms with Crippen LogP contribution in [0.15, 0.2) is 47.5 Å². The number of anilines is 2. The summed E-state index contributed by atoms with van der Waals surface area (Å²) in [7, 11) is 0. The molecule has 5 heteroatoms. The smallest absolute Gasteiger partial charge is 0.202 e. The number of nitrogens with zero attached hydrogens (tertiary/aromatic N) is 2. The largest absolute Gasteiger partial charge is 0.341 e. The van der Waals surface area contributed by atoms with Crippen molar-refractivity contribution in [2.24, 2.45) is 4.99 Å². The highest BCUT2D eigenvalue weighted by atomic mass is 35.5. The number of benzene rings is 2. The molecule has 1 spiro atoms. The molecule has 1 N–H and O–H groups in total. The van der Waals surface area contributed by atoms with E-state index in [1.807, 2.05) is 18.2 Å². The lowest BCUT2D eigenvalue weighted by atomic mass is 9.79. The molecule has 0 saturated heterocycles. The van der Waals surface area contributed by atoms with Gasteiger partial charge in [0.25, 0.3) is 0 Å². The minimum atomic E-state index is -0.214. The molecule has 4 rings (SSSR count). The summed E-state index contributed by atoms with van der Waals surface area (Å²) in [5, 5.41) is 5.01. The number of thiocarbonyl (C=S) groups is 1. The standard InChI is InChI=1S/C22H24ClN3S/c1-15-8-6-9-16(2)19(15)24-20-22(12-4-3-5-13-22)26(21(27)25-20)18-11-7-10-17(23)14-18/h6-11,14H,3-5,12-13H2,1-2H3,(H,24,25,27). The van der Waals surface area contributed by atoms with Crippen LogP contribution in [0.4, 0.5) is 11.4 Å². The minimum absolute atomic E-state index is 0.214. The number of aryl methyl sites for hydroxylation is 2. The number of hydrogen-bond donors (Lipinski definition) is 1. The second-order valence-electron chi connectivity index (χ2n) is 7.54. The Morgan fingerprint density at radius 1 is 1.04 bits per heavy atom. The van der Waals surface area contributed by atoms with Gasteiger partial charge in [0.15, 0.2) is 0 Å². The topological polar surface area (TPSA) is 27.6 Å². The van der Waals surface area contributed by atoms with Gasteiger partial charge in [0.1, 0.15) is 11.4 Å². The Bertz CT molecular complexity index is 895. The van der Waals surface area contributed by atoms with Crippen LogP contribution in [0, 0.1) is 13.8 Å². The van der Waals surface area contributed by atoms with Crippen molar-refractivity contribution in [1.29, 1.82) is 0 Å². The van der Waals surface area contributed by atoms with Crippen molar-refractivity contribution in [1.82, 2.24) is 0 Å². The van der Waals surface area contributed by atoms with Crippen LogP contribution in [0.1, 0.15) is 43.2 Å². The van der Waals surface area contributed by atoms with Crippen molar-refractivity contribution < 1.29 is 0 Å². The van der Waals surface area contributed by atoms with E-state index in [4.69, 9.17) is 28.8 Å². The lowest BCUT2D eigenvalue weighted by Gasteiger charge is -2.43. The van der Waals surface area contributed by atoms with Crippen molar-refractivity contribution >= 4 is 46.1 Å². The van der Waals surface area contributed by atoms with E-state index in [-0.39, 0.29) is 5.54 Å². The van der Waals surface area contributed by atoms with Gasteiger partial charge >= 0.3 is 0 Å². The van der Waals surface area contributed by atoms with Crippen LogP contribution in [-0.4, -0.2) is 16.5 Å². The fraction of sp³-hybridized carbons (Fsp3) is 0.364. The summed E-state index contributed by atoms with van der Waals surface area (Å²) in [6, 6.07) is 14.3. The first-order valence-corrected chi connectivity index (χ1v) is 10.3. The average Bonchev–Trinajstić information content (AvgIpc) is 2.90. The van der Waals surface area contributed by atoms with Crippen molar-refractivity contribution in [3.8, 4) is 0 Å². The van der Waals surface area contributed by atoms with Crippen LogP contribution in [-0.2, 0) is 0 Å². The van der Waals surface area contributed by atoms with E-state index in [1.165, 1.54) is 30.4 Å². The second kappa shape index (κ2) is 7.25. The number of aliphatic imine (C=N–C) groups is 1. The zero-order valence-electron chi connectivity index (χ0n) is 15.8. The molecule has 2 aliphatic rings. The Kier molecular flexibility index (Phi) is 4.95. The van der Waals surface area contributed by atoms with Crippen LogP contribution in [0.3, 0.4) is 0 Å². The highest BCUT2D eigenvalue weighted by molar-refractivity contribution is 7.80. The predicted octanol–water partition coefficient (Wildman–Crippen LogP) is 6.28. The maximum atomic E-state index is 6.28. The van der Waals surface area contributed by atoms with Gasteiger partial charge in [-0.05, 0) is 68.2 Å². The number of nitrogens with one attached hydrogen (secondary N) is 1. The average molecular weight is 398 g/mol. The zero-order chi connectivity index (χ0) is 19.0. The Hall–Kier alpha value is -1.91. The van der Waals surface area contributed by atoms with Gasteiger partial charge in [-0.1, -0.05) is 55.1 Å². The molecule has 1 aliphatic heterocycles. The monoisotopic (exact) mass is 397 g/mol. The first-order chi connectivity index (χ1) is 13.0. The van der Waals surface area contributed by atoms with E-state index in [2.05, 4.69) is 48.3 Å². The van der Waals surface area contributed by atoms with E-state index in [0.717, 1.165) is 35.1 Å². The lowest BCUT2D eigenvalue weighted by molar-refractivity contribution is 0.386. The van der Waals surface area contributed by atoms with Gasteiger partial charge < -0.3 is 10.2 Å². The minimum Gasteiger partial charge on any atom is -0.341 e. The molecule has 0 amide bonds. The Balaban J connectivity index is 1.77. The molecule has 0 radical (unpaired) electrons. The molecule has 0 unspecified atom stereocenters. The fourth-order valence-corrected chi connectivity index (χ4v) is 4.94. The fourth-order valence-electron chi connectivity index (χ4n) is 4.38. The number of halogens is 1. The van der Waals surface area contributed by atoms with Crippen molar-refractivity contribution in [2.75, 3.05) is 10.2 Å².